The molecule has 1 aromatic heterocycles. The summed E-state index contributed by atoms with van der Waals surface area (Å²) in [5.41, 5.74) is 4.88. The molecular weight excluding hydrogens is 314 g/mol. The van der Waals surface area contributed by atoms with Crippen molar-refractivity contribution in [2.24, 2.45) is 0 Å². The molecule has 0 spiro atoms. The number of benzene rings is 3. The van der Waals surface area contributed by atoms with E-state index < -0.39 is 4.92 Å². The first-order chi connectivity index (χ1) is 12.1. The second kappa shape index (κ2) is 5.91. The predicted molar refractivity (Wildman–Crippen MR) is 98.5 cm³/mol. The molecular formula is C21H15NO3. The monoisotopic (exact) mass is 329 g/mol. The van der Waals surface area contributed by atoms with Crippen LogP contribution in [0.5, 0.6) is 0 Å². The number of hydrogen-bond acceptors (Lipinski definition) is 3. The van der Waals surface area contributed by atoms with Crippen molar-refractivity contribution < 1.29 is 9.34 Å². The molecule has 4 rings (SSSR count). The van der Waals surface area contributed by atoms with Crippen LogP contribution in [0.25, 0.3) is 33.4 Å². The number of hydrogen-bond donors (Lipinski definition) is 0. The highest BCUT2D eigenvalue weighted by atomic mass is 16.6. The van der Waals surface area contributed by atoms with Crippen LogP contribution in [0.4, 0.5) is 5.69 Å². The zero-order valence-electron chi connectivity index (χ0n) is 13.6. The van der Waals surface area contributed by atoms with Gasteiger partial charge in [-0.25, -0.2) is 0 Å². The summed E-state index contributed by atoms with van der Waals surface area (Å²) in [5, 5.41) is 11.9. The molecule has 0 fully saturated rings. The molecule has 25 heavy (non-hydrogen) atoms. The van der Waals surface area contributed by atoms with Crippen LogP contribution in [-0.2, 0) is 0 Å². The van der Waals surface area contributed by atoms with Crippen LogP contribution in [0.1, 0.15) is 5.56 Å². The molecule has 0 atom stereocenters. The van der Waals surface area contributed by atoms with Crippen molar-refractivity contribution in [3.8, 4) is 22.5 Å². The Morgan fingerprint density at radius 3 is 2.16 bits per heavy atom. The number of nitro benzene ring substituents is 1. The Balaban J connectivity index is 1.96. The minimum Gasteiger partial charge on any atom is -0.455 e. The standard InChI is InChI=1S/C21H15NO3/c1-14-6-8-16(9-7-14)21-20(18-4-2-3-5-19(18)25-21)15-10-12-17(13-11-15)22(23)24/h2-13H,1H3. The van der Waals surface area contributed by atoms with Crippen molar-refractivity contribution in [3.63, 3.8) is 0 Å². The van der Waals surface area contributed by atoms with Crippen molar-refractivity contribution in [1.82, 2.24) is 0 Å². The van der Waals surface area contributed by atoms with Crippen LogP contribution in [0.15, 0.2) is 77.2 Å². The van der Waals surface area contributed by atoms with Crippen molar-refractivity contribution >= 4 is 16.7 Å². The lowest BCUT2D eigenvalue weighted by atomic mass is 9.98. The Labute approximate surface area is 144 Å². The Morgan fingerprint density at radius 1 is 0.840 bits per heavy atom. The highest BCUT2D eigenvalue weighted by molar-refractivity contribution is 6.01. The molecule has 0 unspecified atom stereocenters. The topological polar surface area (TPSA) is 56.3 Å². The highest BCUT2D eigenvalue weighted by Crippen LogP contribution is 2.41. The molecule has 0 aliphatic rings. The third kappa shape index (κ3) is 2.68. The second-order valence-electron chi connectivity index (χ2n) is 5.97. The smallest absolute Gasteiger partial charge is 0.269 e. The van der Waals surface area contributed by atoms with Crippen LogP contribution in [0.3, 0.4) is 0 Å². The van der Waals surface area contributed by atoms with Crippen molar-refractivity contribution in [2.45, 2.75) is 6.92 Å². The summed E-state index contributed by atoms with van der Waals surface area (Å²) in [6.07, 6.45) is 0. The summed E-state index contributed by atoms with van der Waals surface area (Å²) in [7, 11) is 0. The number of rotatable bonds is 3. The number of furan rings is 1. The van der Waals surface area contributed by atoms with E-state index in [1.165, 1.54) is 17.7 Å². The van der Waals surface area contributed by atoms with E-state index in [0.29, 0.717) is 0 Å². The number of fused-ring (bicyclic) bond motifs is 1. The predicted octanol–water partition coefficient (Wildman–Crippen LogP) is 5.98. The van der Waals surface area contributed by atoms with Gasteiger partial charge in [0.15, 0.2) is 0 Å². The van der Waals surface area contributed by atoms with E-state index in [2.05, 4.69) is 0 Å². The van der Waals surface area contributed by atoms with Gasteiger partial charge in [-0.05, 0) is 30.7 Å². The van der Waals surface area contributed by atoms with E-state index in [-0.39, 0.29) is 5.69 Å². The molecule has 1 heterocycles. The lowest BCUT2D eigenvalue weighted by molar-refractivity contribution is -0.384. The average molecular weight is 329 g/mol. The molecule has 0 radical (unpaired) electrons. The molecule has 0 aliphatic carbocycles. The summed E-state index contributed by atoms with van der Waals surface area (Å²) in [6, 6.07) is 22.6. The zero-order valence-corrected chi connectivity index (χ0v) is 13.6. The SMILES string of the molecule is Cc1ccc(-c2oc3ccccc3c2-c2ccc([N+](=O)[O-])cc2)cc1. The van der Waals surface area contributed by atoms with Crippen LogP contribution in [0, 0.1) is 17.0 Å². The van der Waals surface area contributed by atoms with E-state index >= 15 is 0 Å². The number of para-hydroxylation sites is 1. The first kappa shape index (κ1) is 15.1. The third-order valence-corrected chi connectivity index (χ3v) is 4.28. The Hall–Kier alpha value is -3.40. The molecule has 122 valence electrons. The maximum absolute atomic E-state index is 10.9. The molecule has 4 aromatic rings. The first-order valence-electron chi connectivity index (χ1n) is 7.97. The number of aryl methyl sites for hydroxylation is 1. The summed E-state index contributed by atoms with van der Waals surface area (Å²) in [4.78, 5) is 10.5. The minimum absolute atomic E-state index is 0.0773. The van der Waals surface area contributed by atoms with E-state index in [4.69, 9.17) is 4.42 Å². The number of nitro groups is 1. The van der Waals surface area contributed by atoms with Gasteiger partial charge in [0.1, 0.15) is 11.3 Å². The van der Waals surface area contributed by atoms with Crippen molar-refractivity contribution in [3.05, 3.63) is 88.5 Å². The van der Waals surface area contributed by atoms with Gasteiger partial charge in [0, 0.05) is 28.6 Å². The zero-order chi connectivity index (χ0) is 17.4. The number of non-ortho nitro benzene ring substituents is 1. The van der Waals surface area contributed by atoms with Crippen LogP contribution in [-0.4, -0.2) is 4.92 Å². The summed E-state index contributed by atoms with van der Waals surface area (Å²) in [5.74, 6) is 0.773. The highest BCUT2D eigenvalue weighted by Gasteiger charge is 2.18. The Kier molecular flexibility index (Phi) is 3.58. The van der Waals surface area contributed by atoms with E-state index in [0.717, 1.165) is 33.4 Å². The second-order valence-corrected chi connectivity index (χ2v) is 5.97. The van der Waals surface area contributed by atoms with Gasteiger partial charge in [-0.3, -0.25) is 10.1 Å². The lowest BCUT2D eigenvalue weighted by Crippen LogP contribution is -1.87. The fourth-order valence-electron chi connectivity index (χ4n) is 2.99. The van der Waals surface area contributed by atoms with Crippen LogP contribution >= 0.6 is 0 Å². The normalized spacial score (nSPS) is 10.9. The van der Waals surface area contributed by atoms with E-state index in [1.807, 2.05) is 55.5 Å². The molecule has 4 heteroatoms. The molecule has 0 amide bonds. The Morgan fingerprint density at radius 2 is 1.48 bits per heavy atom. The minimum atomic E-state index is -0.391. The average Bonchev–Trinajstić information content (AvgIpc) is 3.02. The quantitative estimate of drug-likeness (QED) is 0.343. The Bertz CT molecular complexity index is 1060. The summed E-state index contributed by atoms with van der Waals surface area (Å²) >= 11 is 0. The molecule has 0 saturated heterocycles. The lowest BCUT2D eigenvalue weighted by Gasteiger charge is -2.04. The van der Waals surface area contributed by atoms with Gasteiger partial charge < -0.3 is 4.42 Å². The van der Waals surface area contributed by atoms with Crippen molar-refractivity contribution in [2.75, 3.05) is 0 Å². The molecule has 3 aromatic carbocycles. The first-order valence-corrected chi connectivity index (χ1v) is 7.97. The largest absolute Gasteiger partial charge is 0.455 e. The van der Waals surface area contributed by atoms with Gasteiger partial charge in [-0.1, -0.05) is 48.0 Å². The van der Waals surface area contributed by atoms with Gasteiger partial charge in [-0.2, -0.15) is 0 Å². The van der Waals surface area contributed by atoms with Gasteiger partial charge in [-0.15, -0.1) is 0 Å². The fourth-order valence-corrected chi connectivity index (χ4v) is 2.99. The molecule has 4 nitrogen and oxygen atoms in total. The summed E-state index contributed by atoms with van der Waals surface area (Å²) < 4.78 is 6.12. The molecule has 0 aliphatic heterocycles. The van der Waals surface area contributed by atoms with E-state index in [9.17, 15) is 10.1 Å². The summed E-state index contributed by atoms with van der Waals surface area (Å²) in [6.45, 7) is 2.04. The van der Waals surface area contributed by atoms with Gasteiger partial charge in [0.2, 0.25) is 0 Å². The maximum Gasteiger partial charge on any atom is 0.269 e. The van der Waals surface area contributed by atoms with E-state index in [1.54, 1.807) is 12.1 Å². The van der Waals surface area contributed by atoms with Crippen molar-refractivity contribution in [1.29, 1.82) is 0 Å². The molecule has 0 bridgehead atoms. The molecule has 0 N–H and O–H groups in total. The number of nitrogens with zero attached hydrogens (tertiary/aromatic N) is 1. The van der Waals surface area contributed by atoms with Gasteiger partial charge in [0.05, 0.1) is 4.92 Å². The van der Waals surface area contributed by atoms with Crippen LogP contribution in [0.2, 0.25) is 0 Å². The fraction of sp³-hybridized carbons (Fsp3) is 0.0476. The third-order valence-electron chi connectivity index (χ3n) is 4.28. The van der Waals surface area contributed by atoms with Gasteiger partial charge >= 0.3 is 0 Å². The molecule has 0 saturated carbocycles. The van der Waals surface area contributed by atoms with Gasteiger partial charge in [0.25, 0.3) is 5.69 Å². The van der Waals surface area contributed by atoms with Crippen LogP contribution < -0.4 is 0 Å². The maximum atomic E-state index is 10.9.